The van der Waals surface area contributed by atoms with Crippen LogP contribution in [-0.2, 0) is 0 Å². The quantitative estimate of drug-likeness (QED) is 0.578. The fourth-order valence-corrected chi connectivity index (χ4v) is 0.443. The maximum absolute atomic E-state index is 8.24. The minimum atomic E-state index is -0.688. The summed E-state index contributed by atoms with van der Waals surface area (Å²) in [5, 5.41) is 8.24. The van der Waals surface area contributed by atoms with Crippen LogP contribution in [0.15, 0.2) is 17.0 Å². The Labute approximate surface area is 51.9 Å². The van der Waals surface area contributed by atoms with Crippen molar-refractivity contribution in [2.24, 2.45) is 5.73 Å². The molecule has 1 rings (SSSR count). The molecule has 0 aliphatic rings. The van der Waals surface area contributed by atoms with Gasteiger partial charge in [0, 0.05) is 0 Å². The molecule has 0 bridgehead atoms. The molecule has 0 radical (unpaired) electrons. The molecule has 0 saturated carbocycles. The number of nitrogens with zero attached hydrogens (tertiary/aromatic N) is 2. The van der Waals surface area contributed by atoms with Crippen LogP contribution in [0.25, 0.3) is 0 Å². The van der Waals surface area contributed by atoms with Crippen LogP contribution in [0.1, 0.15) is 11.8 Å². The van der Waals surface area contributed by atoms with E-state index in [9.17, 15) is 0 Å². The van der Waals surface area contributed by atoms with E-state index < -0.39 is 6.04 Å². The third-order valence-electron chi connectivity index (χ3n) is 0.897. The lowest BCUT2D eigenvalue weighted by molar-refractivity contribution is 0.492. The number of rotatable bonds is 1. The van der Waals surface area contributed by atoms with Crippen molar-refractivity contribution < 1.29 is 4.42 Å². The third kappa shape index (κ3) is 1.06. The highest BCUT2D eigenvalue weighted by atomic mass is 16.3. The third-order valence-corrected chi connectivity index (χ3v) is 0.897. The average molecular weight is 123 g/mol. The van der Waals surface area contributed by atoms with Crippen molar-refractivity contribution in [2.75, 3.05) is 0 Å². The predicted octanol–water partition coefficient (Wildman–Crippen LogP) is 0.198. The first-order chi connectivity index (χ1) is 4.34. The Morgan fingerprint density at radius 2 is 2.67 bits per heavy atom. The zero-order valence-electron chi connectivity index (χ0n) is 4.61. The van der Waals surface area contributed by atoms with Gasteiger partial charge in [-0.2, -0.15) is 5.26 Å². The van der Waals surface area contributed by atoms with Crippen molar-refractivity contribution in [3.05, 3.63) is 18.4 Å². The van der Waals surface area contributed by atoms with Crippen LogP contribution >= 0.6 is 0 Å². The lowest BCUT2D eigenvalue weighted by Gasteiger charge is -1.91. The second-order valence-corrected chi connectivity index (χ2v) is 1.51. The van der Waals surface area contributed by atoms with Crippen LogP contribution in [0, 0.1) is 11.3 Å². The van der Waals surface area contributed by atoms with E-state index in [-0.39, 0.29) is 0 Å². The second kappa shape index (κ2) is 2.29. The Balaban J connectivity index is 2.80. The minimum Gasteiger partial charge on any atom is -0.446 e. The van der Waals surface area contributed by atoms with Gasteiger partial charge in [-0.3, -0.25) is 0 Å². The second-order valence-electron chi connectivity index (χ2n) is 1.51. The Kier molecular flexibility index (Phi) is 1.47. The summed E-state index contributed by atoms with van der Waals surface area (Å²) in [6, 6.07) is 1.12. The topological polar surface area (TPSA) is 75.8 Å². The monoisotopic (exact) mass is 123 g/mol. The van der Waals surface area contributed by atoms with Crippen LogP contribution in [0.5, 0.6) is 0 Å². The number of nitrogens with two attached hydrogens (primary N) is 1. The number of hydrogen-bond donors (Lipinski definition) is 1. The SMILES string of the molecule is N#CC(N)c1cnco1. The van der Waals surface area contributed by atoms with Crippen LogP contribution in [0.2, 0.25) is 0 Å². The van der Waals surface area contributed by atoms with E-state index in [1.807, 2.05) is 6.07 Å². The summed E-state index contributed by atoms with van der Waals surface area (Å²) in [5.74, 6) is 0.400. The van der Waals surface area contributed by atoms with E-state index >= 15 is 0 Å². The Bertz CT molecular complexity index is 211. The Hall–Kier alpha value is -1.34. The number of aromatic nitrogens is 1. The van der Waals surface area contributed by atoms with Crippen LogP contribution in [-0.4, -0.2) is 4.98 Å². The van der Waals surface area contributed by atoms with E-state index in [4.69, 9.17) is 15.4 Å². The molecular formula is C5H5N3O. The number of hydrogen-bond acceptors (Lipinski definition) is 4. The summed E-state index contributed by atoms with van der Waals surface area (Å²) >= 11 is 0. The zero-order valence-corrected chi connectivity index (χ0v) is 4.61. The molecule has 1 heterocycles. The van der Waals surface area contributed by atoms with Crippen LogP contribution < -0.4 is 5.73 Å². The van der Waals surface area contributed by atoms with E-state index in [0.717, 1.165) is 0 Å². The van der Waals surface area contributed by atoms with Crippen molar-refractivity contribution >= 4 is 0 Å². The van der Waals surface area contributed by atoms with Gasteiger partial charge in [0.15, 0.2) is 18.2 Å². The molecule has 4 heteroatoms. The predicted molar refractivity (Wildman–Crippen MR) is 29.0 cm³/mol. The van der Waals surface area contributed by atoms with E-state index in [1.54, 1.807) is 0 Å². The summed E-state index contributed by atoms with van der Waals surface area (Å²) in [7, 11) is 0. The largest absolute Gasteiger partial charge is 0.446 e. The van der Waals surface area contributed by atoms with Gasteiger partial charge < -0.3 is 10.2 Å². The molecule has 1 aromatic heterocycles. The van der Waals surface area contributed by atoms with Crippen molar-refractivity contribution in [1.29, 1.82) is 5.26 Å². The molecule has 0 fully saturated rings. The minimum absolute atomic E-state index is 0.400. The van der Waals surface area contributed by atoms with Gasteiger partial charge in [0.2, 0.25) is 0 Å². The van der Waals surface area contributed by atoms with Gasteiger partial charge in [-0.25, -0.2) is 4.98 Å². The molecule has 1 atom stereocenters. The van der Waals surface area contributed by atoms with Crippen molar-refractivity contribution in [2.45, 2.75) is 6.04 Å². The van der Waals surface area contributed by atoms with E-state index in [1.165, 1.54) is 12.6 Å². The van der Waals surface area contributed by atoms with Crippen molar-refractivity contribution in [3.8, 4) is 6.07 Å². The van der Waals surface area contributed by atoms with Crippen LogP contribution in [0.3, 0.4) is 0 Å². The normalized spacial score (nSPS) is 12.4. The average Bonchev–Trinajstić information content (AvgIpc) is 2.37. The fraction of sp³-hybridized carbons (Fsp3) is 0.200. The molecule has 0 amide bonds. The van der Waals surface area contributed by atoms with Gasteiger partial charge in [0.1, 0.15) is 0 Å². The molecule has 0 aliphatic heterocycles. The Morgan fingerprint density at radius 1 is 1.89 bits per heavy atom. The first-order valence-electron chi connectivity index (χ1n) is 2.38. The molecule has 4 nitrogen and oxygen atoms in total. The smallest absolute Gasteiger partial charge is 0.180 e. The first kappa shape index (κ1) is 5.79. The van der Waals surface area contributed by atoms with E-state index in [0.29, 0.717) is 5.76 Å². The molecule has 1 unspecified atom stereocenters. The zero-order chi connectivity index (χ0) is 6.69. The standard InChI is InChI=1S/C5H5N3O/c6-1-4(7)5-2-8-3-9-5/h2-4H,7H2. The highest BCUT2D eigenvalue weighted by Gasteiger charge is 2.05. The molecular weight excluding hydrogens is 118 g/mol. The molecule has 9 heavy (non-hydrogen) atoms. The molecule has 0 aliphatic carbocycles. The lowest BCUT2D eigenvalue weighted by atomic mass is 10.3. The summed E-state index contributed by atoms with van der Waals surface area (Å²) in [5.41, 5.74) is 5.24. The molecule has 0 aromatic carbocycles. The van der Waals surface area contributed by atoms with Gasteiger partial charge in [-0.15, -0.1) is 0 Å². The van der Waals surface area contributed by atoms with Crippen LogP contribution in [0.4, 0.5) is 0 Å². The van der Waals surface area contributed by atoms with E-state index in [2.05, 4.69) is 4.98 Å². The summed E-state index contributed by atoms with van der Waals surface area (Å²) in [6.07, 6.45) is 2.67. The summed E-state index contributed by atoms with van der Waals surface area (Å²) in [6.45, 7) is 0. The number of nitriles is 1. The highest BCUT2D eigenvalue weighted by Crippen LogP contribution is 2.05. The van der Waals surface area contributed by atoms with Gasteiger partial charge in [-0.1, -0.05) is 0 Å². The summed E-state index contributed by atoms with van der Waals surface area (Å²) in [4.78, 5) is 3.59. The molecule has 1 aromatic rings. The summed E-state index contributed by atoms with van der Waals surface area (Å²) < 4.78 is 4.73. The number of oxazole rings is 1. The molecule has 46 valence electrons. The van der Waals surface area contributed by atoms with Crippen molar-refractivity contribution in [3.63, 3.8) is 0 Å². The highest BCUT2D eigenvalue weighted by molar-refractivity contribution is 5.06. The maximum Gasteiger partial charge on any atom is 0.180 e. The van der Waals surface area contributed by atoms with Gasteiger partial charge in [-0.05, 0) is 0 Å². The van der Waals surface area contributed by atoms with Gasteiger partial charge in [0.25, 0.3) is 0 Å². The fourth-order valence-electron chi connectivity index (χ4n) is 0.443. The first-order valence-corrected chi connectivity index (χ1v) is 2.38. The van der Waals surface area contributed by atoms with Crippen molar-refractivity contribution in [1.82, 2.24) is 4.98 Å². The maximum atomic E-state index is 8.24. The lowest BCUT2D eigenvalue weighted by Crippen LogP contribution is -2.05. The Morgan fingerprint density at radius 3 is 3.11 bits per heavy atom. The molecule has 2 N–H and O–H groups in total. The molecule has 0 spiro atoms. The van der Waals surface area contributed by atoms with Gasteiger partial charge in [0.05, 0.1) is 12.3 Å². The molecule has 0 saturated heterocycles. The van der Waals surface area contributed by atoms with Gasteiger partial charge >= 0.3 is 0 Å².